The average molecular weight is 532 g/mol. The van der Waals surface area contributed by atoms with E-state index in [0.717, 1.165) is 22.4 Å². The number of carbonyl (C=O) groups is 2. The van der Waals surface area contributed by atoms with Crippen LogP contribution in [0.2, 0.25) is 0 Å². The van der Waals surface area contributed by atoms with E-state index in [4.69, 9.17) is 9.47 Å². The van der Waals surface area contributed by atoms with Gasteiger partial charge in [-0.2, -0.15) is 0 Å². The van der Waals surface area contributed by atoms with Gasteiger partial charge in [0, 0.05) is 18.5 Å². The number of Topliss-reactive ketones (excluding diaryl/α,β-unsaturated/α-hetero) is 1. The predicted molar refractivity (Wildman–Crippen MR) is 152 cm³/mol. The lowest BCUT2D eigenvalue weighted by Gasteiger charge is -2.25. The quantitative estimate of drug-likeness (QED) is 0.174. The molecule has 2 heterocycles. The molecule has 6 nitrogen and oxygen atoms in total. The van der Waals surface area contributed by atoms with E-state index in [1.54, 1.807) is 6.07 Å². The van der Waals surface area contributed by atoms with Gasteiger partial charge in [-0.3, -0.25) is 9.59 Å². The lowest BCUT2D eigenvalue weighted by Crippen LogP contribution is -2.29. The minimum absolute atomic E-state index is 0.0477. The number of benzene rings is 4. The number of fused-ring (bicyclic) bond motifs is 1. The molecule has 1 saturated heterocycles. The summed E-state index contributed by atoms with van der Waals surface area (Å²) < 4.78 is 11.7. The zero-order valence-corrected chi connectivity index (χ0v) is 22.1. The summed E-state index contributed by atoms with van der Waals surface area (Å²) in [6.45, 7) is 2.64. The van der Waals surface area contributed by atoms with Crippen molar-refractivity contribution < 1.29 is 24.2 Å². The lowest BCUT2D eigenvalue weighted by atomic mass is 9.94. The third kappa shape index (κ3) is 4.96. The molecule has 2 aliphatic rings. The topological polar surface area (TPSA) is 76.1 Å². The van der Waals surface area contributed by atoms with Gasteiger partial charge in [-0.25, -0.2) is 0 Å². The van der Waals surface area contributed by atoms with Crippen LogP contribution in [0.1, 0.15) is 40.8 Å². The van der Waals surface area contributed by atoms with E-state index >= 15 is 0 Å². The van der Waals surface area contributed by atoms with Crippen LogP contribution in [0.3, 0.4) is 0 Å². The summed E-state index contributed by atoms with van der Waals surface area (Å²) in [6, 6.07) is 31.4. The number of nitrogens with zero attached hydrogens (tertiary/aromatic N) is 1. The standard InChI is InChI=1S/C34H29NO5/c1-22-18-27-19-26(14-17-29(27)40-22)32(36)30-31(35(34(38)33(30)37)20-23-8-4-2-5-9-23)25-12-15-28(16-13-25)39-21-24-10-6-3-7-11-24/h2-17,19,22,31,36H,18,20-21H2,1H3/t22-,31-/m1/s1. The van der Waals surface area contributed by atoms with Gasteiger partial charge in [0.25, 0.3) is 11.7 Å². The van der Waals surface area contributed by atoms with E-state index in [1.807, 2.05) is 104 Å². The van der Waals surface area contributed by atoms with Crippen molar-refractivity contribution in [2.24, 2.45) is 0 Å². The maximum atomic E-state index is 13.5. The average Bonchev–Trinajstić information content (AvgIpc) is 3.48. The van der Waals surface area contributed by atoms with E-state index in [9.17, 15) is 14.7 Å². The van der Waals surface area contributed by atoms with Crippen LogP contribution in [0, 0.1) is 0 Å². The highest BCUT2D eigenvalue weighted by Gasteiger charge is 2.46. The molecule has 4 aromatic rings. The van der Waals surface area contributed by atoms with Crippen LogP contribution in [0.15, 0.2) is 109 Å². The Kier molecular flexibility index (Phi) is 6.83. The van der Waals surface area contributed by atoms with Gasteiger partial charge in [0.1, 0.15) is 30.0 Å². The molecule has 1 fully saturated rings. The number of amides is 1. The first-order chi connectivity index (χ1) is 19.5. The van der Waals surface area contributed by atoms with Gasteiger partial charge in [-0.1, -0.05) is 72.8 Å². The highest BCUT2D eigenvalue weighted by Crippen LogP contribution is 2.41. The second-order valence-electron chi connectivity index (χ2n) is 10.2. The number of hydrogen-bond donors (Lipinski definition) is 1. The molecule has 0 bridgehead atoms. The number of aliphatic hydroxyl groups is 1. The summed E-state index contributed by atoms with van der Waals surface area (Å²) in [4.78, 5) is 28.4. The van der Waals surface area contributed by atoms with Crippen LogP contribution in [-0.2, 0) is 29.2 Å². The number of aliphatic hydroxyl groups excluding tert-OH is 1. The molecule has 200 valence electrons. The number of ether oxygens (including phenoxy) is 2. The maximum Gasteiger partial charge on any atom is 0.295 e. The molecule has 40 heavy (non-hydrogen) atoms. The van der Waals surface area contributed by atoms with E-state index in [1.165, 1.54) is 4.90 Å². The number of hydrogen-bond acceptors (Lipinski definition) is 5. The van der Waals surface area contributed by atoms with Gasteiger partial charge in [0.05, 0.1) is 11.6 Å². The van der Waals surface area contributed by atoms with Gasteiger partial charge in [0.15, 0.2) is 0 Å². The molecule has 1 N–H and O–H groups in total. The lowest BCUT2D eigenvalue weighted by molar-refractivity contribution is -0.140. The molecule has 0 unspecified atom stereocenters. The van der Waals surface area contributed by atoms with Crippen molar-refractivity contribution in [3.8, 4) is 11.5 Å². The molecule has 0 radical (unpaired) electrons. The molecular formula is C34H29NO5. The SMILES string of the molecule is C[C@@H]1Cc2cc(C(O)=C3C(=O)C(=O)N(Cc4ccccc4)[C@@H]3c3ccc(OCc4ccccc4)cc3)ccc2O1. The zero-order valence-electron chi connectivity index (χ0n) is 22.1. The van der Waals surface area contributed by atoms with E-state index in [2.05, 4.69) is 0 Å². The largest absolute Gasteiger partial charge is 0.507 e. The Hall–Kier alpha value is -4.84. The van der Waals surface area contributed by atoms with Crippen LogP contribution >= 0.6 is 0 Å². The summed E-state index contributed by atoms with van der Waals surface area (Å²) in [7, 11) is 0. The normalized spacial score (nSPS) is 19.4. The van der Waals surface area contributed by atoms with Crippen LogP contribution in [0.4, 0.5) is 0 Å². The molecule has 6 heteroatoms. The monoisotopic (exact) mass is 531 g/mol. The number of likely N-dealkylation sites (tertiary alicyclic amines) is 1. The summed E-state index contributed by atoms with van der Waals surface area (Å²) >= 11 is 0. The van der Waals surface area contributed by atoms with Crippen molar-refractivity contribution >= 4 is 17.4 Å². The summed E-state index contributed by atoms with van der Waals surface area (Å²) in [5, 5.41) is 11.5. The molecule has 1 amide bonds. The van der Waals surface area contributed by atoms with Gasteiger partial charge in [-0.15, -0.1) is 0 Å². The van der Waals surface area contributed by atoms with Crippen molar-refractivity contribution in [2.45, 2.75) is 38.6 Å². The molecule has 4 aromatic carbocycles. The highest BCUT2D eigenvalue weighted by atomic mass is 16.5. The van der Waals surface area contributed by atoms with Crippen LogP contribution in [0.25, 0.3) is 5.76 Å². The van der Waals surface area contributed by atoms with E-state index in [0.29, 0.717) is 29.9 Å². The Morgan fingerprint density at radius 1 is 0.900 bits per heavy atom. The first kappa shape index (κ1) is 25.4. The molecule has 2 atom stereocenters. The second kappa shape index (κ2) is 10.7. The Morgan fingerprint density at radius 3 is 2.27 bits per heavy atom. The number of rotatable bonds is 7. The van der Waals surface area contributed by atoms with Crippen molar-refractivity contribution in [2.75, 3.05) is 0 Å². The van der Waals surface area contributed by atoms with Crippen molar-refractivity contribution in [3.63, 3.8) is 0 Å². The summed E-state index contributed by atoms with van der Waals surface area (Å²) in [5.74, 6) is -0.0897. The maximum absolute atomic E-state index is 13.5. The van der Waals surface area contributed by atoms with Crippen LogP contribution in [-0.4, -0.2) is 27.8 Å². The number of carbonyl (C=O) groups excluding carboxylic acids is 2. The van der Waals surface area contributed by atoms with Gasteiger partial charge in [-0.05, 0) is 59.5 Å². The van der Waals surface area contributed by atoms with Gasteiger partial charge in [0.2, 0.25) is 0 Å². The summed E-state index contributed by atoms with van der Waals surface area (Å²) in [5.41, 5.74) is 4.18. The molecule has 0 spiro atoms. The minimum atomic E-state index is -0.758. The fourth-order valence-corrected chi connectivity index (χ4v) is 5.38. The molecule has 2 aliphatic heterocycles. The zero-order chi connectivity index (χ0) is 27.6. The smallest absolute Gasteiger partial charge is 0.295 e. The molecule has 0 aromatic heterocycles. The van der Waals surface area contributed by atoms with Crippen molar-refractivity contribution in [1.29, 1.82) is 0 Å². The van der Waals surface area contributed by atoms with Crippen LogP contribution < -0.4 is 9.47 Å². The van der Waals surface area contributed by atoms with Gasteiger partial charge < -0.3 is 19.5 Å². The fourth-order valence-electron chi connectivity index (χ4n) is 5.38. The molecule has 0 aliphatic carbocycles. The minimum Gasteiger partial charge on any atom is -0.507 e. The summed E-state index contributed by atoms with van der Waals surface area (Å²) in [6.07, 6.45) is 0.763. The third-order valence-electron chi connectivity index (χ3n) is 7.35. The third-order valence-corrected chi connectivity index (χ3v) is 7.35. The van der Waals surface area contributed by atoms with E-state index in [-0.39, 0.29) is 24.0 Å². The van der Waals surface area contributed by atoms with Gasteiger partial charge >= 0.3 is 0 Å². The first-order valence-electron chi connectivity index (χ1n) is 13.4. The molecule has 6 rings (SSSR count). The Morgan fingerprint density at radius 2 is 1.57 bits per heavy atom. The molecular weight excluding hydrogens is 502 g/mol. The van der Waals surface area contributed by atoms with Crippen molar-refractivity contribution in [3.05, 3.63) is 137 Å². The van der Waals surface area contributed by atoms with E-state index < -0.39 is 17.7 Å². The highest BCUT2D eigenvalue weighted by molar-refractivity contribution is 6.46. The Bertz CT molecular complexity index is 1580. The Labute approximate surface area is 233 Å². The second-order valence-corrected chi connectivity index (χ2v) is 10.2. The predicted octanol–water partition coefficient (Wildman–Crippen LogP) is 6.21. The van der Waals surface area contributed by atoms with Crippen molar-refractivity contribution in [1.82, 2.24) is 4.90 Å². The molecule has 0 saturated carbocycles. The first-order valence-corrected chi connectivity index (χ1v) is 13.4. The Balaban J connectivity index is 1.37. The van der Waals surface area contributed by atoms with Crippen LogP contribution in [0.5, 0.6) is 11.5 Å². The fraction of sp³-hybridized carbons (Fsp3) is 0.176. The number of ketones is 1.